The van der Waals surface area contributed by atoms with Gasteiger partial charge in [-0.15, -0.1) is 0 Å². The van der Waals surface area contributed by atoms with Crippen molar-refractivity contribution in [3.05, 3.63) is 65.7 Å². The van der Waals surface area contributed by atoms with Crippen molar-refractivity contribution in [2.24, 2.45) is 5.10 Å². The highest BCUT2D eigenvalue weighted by Gasteiger charge is 2.16. The summed E-state index contributed by atoms with van der Waals surface area (Å²) in [5, 5.41) is 24.1. The number of para-hydroxylation sites is 1. The van der Waals surface area contributed by atoms with E-state index in [0.717, 1.165) is 0 Å². The Bertz CT molecular complexity index is 731. The van der Waals surface area contributed by atoms with Crippen LogP contribution < -0.4 is 15.3 Å². The molecular formula is C17H15N2O5-. The molecule has 0 saturated carbocycles. The molecule has 1 amide bonds. The highest BCUT2D eigenvalue weighted by atomic mass is 16.5. The molecule has 0 aliphatic heterocycles. The van der Waals surface area contributed by atoms with Gasteiger partial charge in [-0.2, -0.15) is 5.10 Å². The standard InChI is InChI=1S/C17H16N2O5/c20-15(21)11-24-14-9-5-4-8-13(14)10-18-19-17(23)16(22)12-6-2-1-3-7-12/h1-10,16,22H,11H2,(H,19,23)(H,20,21)/p-1/b18-10-/t16-/m1/s1. The maximum Gasteiger partial charge on any atom is 0.273 e. The number of benzene rings is 2. The van der Waals surface area contributed by atoms with Gasteiger partial charge in [0.1, 0.15) is 12.4 Å². The molecule has 0 aromatic heterocycles. The third-order valence-corrected chi connectivity index (χ3v) is 3.01. The molecule has 2 rings (SSSR count). The molecule has 0 saturated heterocycles. The SMILES string of the molecule is O=C([O-])COc1ccccc1/C=N\NC(=O)[C@H](O)c1ccccc1. The molecule has 0 heterocycles. The second-order valence-corrected chi connectivity index (χ2v) is 4.75. The largest absolute Gasteiger partial charge is 0.546 e. The molecule has 24 heavy (non-hydrogen) atoms. The molecule has 2 N–H and O–H groups in total. The number of nitrogens with one attached hydrogen (secondary N) is 1. The summed E-state index contributed by atoms with van der Waals surface area (Å²) in [7, 11) is 0. The van der Waals surface area contributed by atoms with E-state index in [9.17, 15) is 19.8 Å². The number of aliphatic hydroxyl groups is 1. The Morgan fingerprint density at radius 3 is 2.54 bits per heavy atom. The van der Waals surface area contributed by atoms with Crippen LogP contribution in [0, 0.1) is 0 Å². The summed E-state index contributed by atoms with van der Waals surface area (Å²) in [4.78, 5) is 22.3. The molecule has 2 aromatic carbocycles. The predicted molar refractivity (Wildman–Crippen MR) is 84.1 cm³/mol. The summed E-state index contributed by atoms with van der Waals surface area (Å²) in [5.41, 5.74) is 3.13. The lowest BCUT2D eigenvalue weighted by Gasteiger charge is -2.10. The number of carbonyl (C=O) groups excluding carboxylic acids is 2. The topological polar surface area (TPSA) is 111 Å². The number of hydrogen-bond acceptors (Lipinski definition) is 6. The molecule has 0 radical (unpaired) electrons. The maximum atomic E-state index is 11.8. The van der Waals surface area contributed by atoms with Gasteiger partial charge in [0, 0.05) is 5.56 Å². The van der Waals surface area contributed by atoms with Crippen LogP contribution in [0.25, 0.3) is 0 Å². The van der Waals surface area contributed by atoms with Gasteiger partial charge >= 0.3 is 0 Å². The summed E-state index contributed by atoms with van der Waals surface area (Å²) in [6, 6.07) is 15.0. The summed E-state index contributed by atoms with van der Waals surface area (Å²) in [6.45, 7) is -0.593. The molecule has 0 bridgehead atoms. The Kier molecular flexibility index (Phi) is 6.04. The van der Waals surface area contributed by atoms with Crippen molar-refractivity contribution in [2.75, 3.05) is 6.61 Å². The van der Waals surface area contributed by atoms with E-state index in [0.29, 0.717) is 11.1 Å². The molecule has 0 aliphatic carbocycles. The van der Waals surface area contributed by atoms with Gasteiger partial charge in [0.05, 0.1) is 12.2 Å². The Hall–Kier alpha value is -3.19. The van der Waals surface area contributed by atoms with E-state index in [4.69, 9.17) is 4.74 Å². The molecule has 1 atom stereocenters. The Morgan fingerprint density at radius 2 is 1.83 bits per heavy atom. The fourth-order valence-electron chi connectivity index (χ4n) is 1.87. The highest BCUT2D eigenvalue weighted by molar-refractivity contribution is 5.86. The van der Waals surface area contributed by atoms with Gasteiger partial charge < -0.3 is 19.7 Å². The molecule has 7 nitrogen and oxygen atoms in total. The van der Waals surface area contributed by atoms with Crippen LogP contribution in [0.1, 0.15) is 17.2 Å². The number of aliphatic carboxylic acids is 1. The molecule has 0 fully saturated rings. The summed E-state index contributed by atoms with van der Waals surface area (Å²) in [6.07, 6.45) is -0.0480. The zero-order chi connectivity index (χ0) is 17.4. The molecule has 0 aliphatic rings. The number of hydrogen-bond donors (Lipinski definition) is 2. The Morgan fingerprint density at radius 1 is 1.17 bits per heavy atom. The lowest BCUT2D eigenvalue weighted by atomic mass is 10.1. The number of nitrogens with zero attached hydrogens (tertiary/aromatic N) is 1. The third-order valence-electron chi connectivity index (χ3n) is 3.01. The minimum atomic E-state index is -1.35. The van der Waals surface area contributed by atoms with Crippen LogP contribution >= 0.6 is 0 Å². The number of carboxylic acids is 1. The first-order chi connectivity index (χ1) is 11.6. The van der Waals surface area contributed by atoms with Gasteiger partial charge in [-0.05, 0) is 17.7 Å². The van der Waals surface area contributed by atoms with Crippen LogP contribution in [0.2, 0.25) is 0 Å². The number of rotatable bonds is 7. The quantitative estimate of drug-likeness (QED) is 0.549. The van der Waals surface area contributed by atoms with Crippen LogP contribution in [0.3, 0.4) is 0 Å². The van der Waals surface area contributed by atoms with E-state index in [-0.39, 0.29) is 5.75 Å². The average molecular weight is 327 g/mol. The lowest BCUT2D eigenvalue weighted by molar-refractivity contribution is -0.307. The minimum absolute atomic E-state index is 0.281. The summed E-state index contributed by atoms with van der Waals surface area (Å²) in [5.74, 6) is -1.75. The molecule has 2 aromatic rings. The predicted octanol–water partition coefficient (Wildman–Crippen LogP) is -0.00100. The highest BCUT2D eigenvalue weighted by Crippen LogP contribution is 2.16. The average Bonchev–Trinajstić information content (AvgIpc) is 2.60. The Labute approximate surface area is 138 Å². The van der Waals surface area contributed by atoms with Crippen molar-refractivity contribution in [1.82, 2.24) is 5.43 Å². The fraction of sp³-hybridized carbons (Fsp3) is 0.118. The first kappa shape index (κ1) is 17.2. The van der Waals surface area contributed by atoms with Crippen LogP contribution in [0.15, 0.2) is 59.7 Å². The van der Waals surface area contributed by atoms with E-state index in [1.807, 2.05) is 0 Å². The molecular weight excluding hydrogens is 312 g/mol. The van der Waals surface area contributed by atoms with E-state index in [1.165, 1.54) is 6.21 Å². The molecule has 7 heteroatoms. The first-order valence-electron chi connectivity index (χ1n) is 7.05. The van der Waals surface area contributed by atoms with E-state index >= 15 is 0 Å². The second-order valence-electron chi connectivity index (χ2n) is 4.75. The van der Waals surface area contributed by atoms with E-state index in [1.54, 1.807) is 54.6 Å². The Balaban J connectivity index is 1.99. The smallest absolute Gasteiger partial charge is 0.273 e. The first-order valence-corrected chi connectivity index (χ1v) is 7.05. The normalized spacial score (nSPS) is 11.9. The summed E-state index contributed by atoms with van der Waals surface area (Å²) >= 11 is 0. The zero-order valence-electron chi connectivity index (χ0n) is 12.6. The van der Waals surface area contributed by atoms with Crippen molar-refractivity contribution in [1.29, 1.82) is 0 Å². The van der Waals surface area contributed by atoms with Crippen LogP contribution in [-0.2, 0) is 9.59 Å². The molecule has 0 spiro atoms. The maximum absolute atomic E-state index is 11.8. The van der Waals surface area contributed by atoms with Crippen molar-refractivity contribution in [3.8, 4) is 5.75 Å². The van der Waals surface area contributed by atoms with Crippen LogP contribution in [-0.4, -0.2) is 29.8 Å². The second kappa shape index (κ2) is 8.44. The van der Waals surface area contributed by atoms with Gasteiger partial charge in [0.25, 0.3) is 5.91 Å². The number of carboxylic acid groups (broad SMARTS) is 1. The van der Waals surface area contributed by atoms with Crippen molar-refractivity contribution in [2.45, 2.75) is 6.10 Å². The number of carbonyl (C=O) groups is 2. The molecule has 124 valence electrons. The molecule has 0 unspecified atom stereocenters. The third kappa shape index (κ3) is 4.92. The van der Waals surface area contributed by atoms with Crippen LogP contribution in [0.4, 0.5) is 0 Å². The fourth-order valence-corrected chi connectivity index (χ4v) is 1.87. The van der Waals surface area contributed by atoms with Gasteiger partial charge in [-0.1, -0.05) is 42.5 Å². The minimum Gasteiger partial charge on any atom is -0.546 e. The van der Waals surface area contributed by atoms with Crippen molar-refractivity contribution in [3.63, 3.8) is 0 Å². The number of ether oxygens (including phenoxy) is 1. The number of aliphatic hydroxyl groups excluding tert-OH is 1. The zero-order valence-corrected chi connectivity index (χ0v) is 12.6. The number of hydrazone groups is 1. The van der Waals surface area contributed by atoms with E-state index < -0.39 is 24.6 Å². The van der Waals surface area contributed by atoms with Crippen LogP contribution in [0.5, 0.6) is 5.75 Å². The van der Waals surface area contributed by atoms with Gasteiger partial charge in [-0.25, -0.2) is 5.43 Å². The summed E-state index contributed by atoms with van der Waals surface area (Å²) < 4.78 is 5.06. The lowest BCUT2D eigenvalue weighted by Crippen LogP contribution is -2.29. The van der Waals surface area contributed by atoms with Crippen molar-refractivity contribution >= 4 is 18.1 Å². The number of amides is 1. The monoisotopic (exact) mass is 327 g/mol. The van der Waals surface area contributed by atoms with Gasteiger partial charge in [-0.3, -0.25) is 4.79 Å². The van der Waals surface area contributed by atoms with Crippen molar-refractivity contribution < 1.29 is 24.5 Å². The van der Waals surface area contributed by atoms with E-state index in [2.05, 4.69) is 10.5 Å². The van der Waals surface area contributed by atoms with Gasteiger partial charge in [0.2, 0.25) is 0 Å². The van der Waals surface area contributed by atoms with Gasteiger partial charge in [0.15, 0.2) is 6.10 Å².